The number of nitrogens with zero attached hydrogens (tertiary/aromatic N) is 3. The summed E-state index contributed by atoms with van der Waals surface area (Å²) in [6, 6.07) is 15.9. The van der Waals surface area contributed by atoms with Crippen LogP contribution in [0.5, 0.6) is 11.5 Å². The lowest BCUT2D eigenvalue weighted by molar-refractivity contribution is -0.335. The Kier molecular flexibility index (Phi) is 7.26. The van der Waals surface area contributed by atoms with Gasteiger partial charge in [-0.1, -0.05) is 41.5 Å². The fourth-order valence-corrected chi connectivity index (χ4v) is 3.78. The van der Waals surface area contributed by atoms with Crippen LogP contribution >= 0.6 is 0 Å². The van der Waals surface area contributed by atoms with Crippen molar-refractivity contribution in [3.63, 3.8) is 0 Å². The predicted octanol–water partition coefficient (Wildman–Crippen LogP) is 4.16. The average Bonchev–Trinajstić information content (AvgIpc) is 2.84. The molecule has 9 nitrogen and oxygen atoms in total. The first-order valence-electron chi connectivity index (χ1n) is 10.3. The molecular weight excluding hydrogens is 414 g/mol. The molecule has 2 saturated heterocycles. The summed E-state index contributed by atoms with van der Waals surface area (Å²) in [6.07, 6.45) is -1.47. The maximum atomic E-state index is 9.23. The van der Waals surface area contributed by atoms with Crippen LogP contribution < -0.4 is 9.47 Å². The summed E-state index contributed by atoms with van der Waals surface area (Å²) in [6.45, 7) is 4.24. The highest BCUT2D eigenvalue weighted by molar-refractivity contribution is 5.31. The monoisotopic (exact) mass is 439 g/mol. The van der Waals surface area contributed by atoms with Gasteiger partial charge in [-0.15, -0.1) is 6.58 Å². The third-order valence-electron chi connectivity index (χ3n) is 5.28. The molecule has 0 spiro atoms. The summed E-state index contributed by atoms with van der Waals surface area (Å²) in [5.74, 6) is 1.23. The van der Waals surface area contributed by atoms with Gasteiger partial charge < -0.3 is 28.4 Å². The first-order valence-corrected chi connectivity index (χ1v) is 10.3. The number of fused-ring (bicyclic) bond motifs is 1. The minimum absolute atomic E-state index is 0.251. The maximum Gasteiger partial charge on any atom is 0.211 e. The Hall–Kier alpha value is -3.07. The zero-order chi connectivity index (χ0) is 22.3. The van der Waals surface area contributed by atoms with Crippen molar-refractivity contribution in [3.8, 4) is 11.5 Å². The topological polar surface area (TPSA) is 104 Å². The molecule has 9 heteroatoms. The minimum atomic E-state index is -0.893. The highest BCUT2D eigenvalue weighted by Crippen LogP contribution is 2.37. The second kappa shape index (κ2) is 10.5. The van der Waals surface area contributed by atoms with E-state index in [1.165, 1.54) is 0 Å². The molecule has 0 saturated carbocycles. The normalized spacial score (nSPS) is 29.3. The van der Waals surface area contributed by atoms with E-state index in [1.807, 2.05) is 30.3 Å². The second-order valence-electron chi connectivity index (χ2n) is 7.30. The second-order valence-corrected chi connectivity index (χ2v) is 7.30. The lowest BCUT2D eigenvalue weighted by Gasteiger charge is -2.47. The van der Waals surface area contributed by atoms with E-state index in [4.69, 9.17) is 28.4 Å². The largest absolute Gasteiger partial charge is 0.497 e. The van der Waals surface area contributed by atoms with Crippen molar-refractivity contribution in [1.82, 2.24) is 0 Å². The third kappa shape index (κ3) is 4.88. The van der Waals surface area contributed by atoms with E-state index in [2.05, 4.69) is 16.6 Å². The van der Waals surface area contributed by atoms with E-state index in [0.717, 1.165) is 5.56 Å². The van der Waals surface area contributed by atoms with E-state index >= 15 is 0 Å². The summed E-state index contributed by atoms with van der Waals surface area (Å²) in [4.78, 5) is 3.00. The molecule has 0 radical (unpaired) electrons. The van der Waals surface area contributed by atoms with Crippen LogP contribution in [-0.2, 0) is 18.9 Å². The molecular formula is C23H25N3O6. The molecule has 2 aliphatic rings. The van der Waals surface area contributed by atoms with Crippen molar-refractivity contribution >= 4 is 0 Å². The highest BCUT2D eigenvalue weighted by Gasteiger charge is 2.51. The molecule has 0 bridgehead atoms. The van der Waals surface area contributed by atoms with Crippen molar-refractivity contribution in [1.29, 1.82) is 0 Å². The molecule has 0 aromatic heterocycles. The Labute approximate surface area is 186 Å². The number of methoxy groups -OCH3 is 1. The Morgan fingerprint density at radius 2 is 1.88 bits per heavy atom. The van der Waals surface area contributed by atoms with Crippen molar-refractivity contribution in [2.24, 2.45) is 5.11 Å². The highest BCUT2D eigenvalue weighted by atomic mass is 16.8. The van der Waals surface area contributed by atoms with Gasteiger partial charge in [0.2, 0.25) is 6.29 Å². The number of hydrogen-bond donors (Lipinski definition) is 0. The number of rotatable bonds is 8. The fraction of sp³-hybridized carbons (Fsp3) is 0.391. The molecule has 4 rings (SSSR count). The van der Waals surface area contributed by atoms with Crippen molar-refractivity contribution in [2.45, 2.75) is 36.9 Å². The van der Waals surface area contributed by atoms with Crippen LogP contribution in [-0.4, -0.2) is 51.0 Å². The smallest absolute Gasteiger partial charge is 0.211 e. The summed E-state index contributed by atoms with van der Waals surface area (Å²) >= 11 is 0. The lowest BCUT2D eigenvalue weighted by atomic mass is 9.96. The molecule has 2 aromatic rings. The summed E-state index contributed by atoms with van der Waals surface area (Å²) in [7, 11) is 1.59. The van der Waals surface area contributed by atoms with Crippen LogP contribution in [0.1, 0.15) is 11.9 Å². The molecule has 168 valence electrons. The Morgan fingerprint density at radius 3 is 2.56 bits per heavy atom. The van der Waals surface area contributed by atoms with Crippen molar-refractivity contribution in [2.75, 3.05) is 20.3 Å². The fourth-order valence-electron chi connectivity index (χ4n) is 3.78. The van der Waals surface area contributed by atoms with Crippen LogP contribution in [0.15, 0.2) is 72.4 Å². The molecule has 0 amide bonds. The van der Waals surface area contributed by atoms with Gasteiger partial charge in [0.25, 0.3) is 0 Å². The molecule has 32 heavy (non-hydrogen) atoms. The molecule has 6 atom stereocenters. The van der Waals surface area contributed by atoms with E-state index in [9.17, 15) is 5.53 Å². The van der Waals surface area contributed by atoms with E-state index in [-0.39, 0.29) is 13.2 Å². The summed E-state index contributed by atoms with van der Waals surface area (Å²) in [5.41, 5.74) is 10.1. The van der Waals surface area contributed by atoms with Crippen molar-refractivity contribution < 1.29 is 28.4 Å². The predicted molar refractivity (Wildman–Crippen MR) is 115 cm³/mol. The van der Waals surface area contributed by atoms with Crippen LogP contribution in [0.25, 0.3) is 10.4 Å². The van der Waals surface area contributed by atoms with Gasteiger partial charge in [-0.25, -0.2) is 0 Å². The van der Waals surface area contributed by atoms with E-state index in [0.29, 0.717) is 11.5 Å². The first-order chi connectivity index (χ1) is 15.7. The standard InChI is InChI=1S/C23H25N3O6/c1-3-13-28-21-19(25-26-24)23(30-17-11-9-16(27-2)10-12-17)31-18-14-29-22(32-20(18)21)15-7-5-4-6-8-15/h3-12,18-23H,1,13-14H2,2H3/t18-,19-,20-,21-,22-,23-/m1/s1. The first kappa shape index (κ1) is 22.1. The number of benzene rings is 2. The molecule has 0 aliphatic carbocycles. The van der Waals surface area contributed by atoms with Crippen LogP contribution in [0.4, 0.5) is 0 Å². The molecule has 0 unspecified atom stereocenters. The van der Waals surface area contributed by atoms with Gasteiger partial charge >= 0.3 is 0 Å². The third-order valence-corrected chi connectivity index (χ3v) is 5.28. The summed E-state index contributed by atoms with van der Waals surface area (Å²) < 4.78 is 35.5. The Morgan fingerprint density at radius 1 is 1.12 bits per heavy atom. The lowest BCUT2D eigenvalue weighted by Crippen LogP contribution is -2.63. The van der Waals surface area contributed by atoms with Gasteiger partial charge in [-0.05, 0) is 29.8 Å². The molecule has 2 fully saturated rings. The quantitative estimate of drug-likeness (QED) is 0.265. The zero-order valence-electron chi connectivity index (χ0n) is 17.7. The number of azide groups is 1. The van der Waals surface area contributed by atoms with Crippen LogP contribution in [0.2, 0.25) is 0 Å². The Bertz CT molecular complexity index is 935. The number of hydrogen-bond acceptors (Lipinski definition) is 7. The van der Waals surface area contributed by atoms with Gasteiger partial charge in [-0.2, -0.15) is 0 Å². The molecule has 2 aliphatic heterocycles. The van der Waals surface area contributed by atoms with Crippen LogP contribution in [0, 0.1) is 0 Å². The van der Waals surface area contributed by atoms with E-state index in [1.54, 1.807) is 37.5 Å². The number of ether oxygens (including phenoxy) is 6. The average molecular weight is 439 g/mol. The Balaban J connectivity index is 1.58. The van der Waals surface area contributed by atoms with Gasteiger partial charge in [-0.3, -0.25) is 0 Å². The van der Waals surface area contributed by atoms with Gasteiger partial charge in [0.1, 0.15) is 35.9 Å². The van der Waals surface area contributed by atoms with Crippen LogP contribution in [0.3, 0.4) is 0 Å². The molecule has 2 heterocycles. The summed E-state index contributed by atoms with van der Waals surface area (Å²) in [5, 5.41) is 3.94. The van der Waals surface area contributed by atoms with E-state index < -0.39 is 36.9 Å². The van der Waals surface area contributed by atoms with Crippen molar-refractivity contribution in [3.05, 3.63) is 83.3 Å². The zero-order valence-corrected chi connectivity index (χ0v) is 17.7. The van der Waals surface area contributed by atoms with Gasteiger partial charge in [0, 0.05) is 10.5 Å². The van der Waals surface area contributed by atoms with Gasteiger partial charge in [0.05, 0.1) is 20.3 Å². The van der Waals surface area contributed by atoms with Gasteiger partial charge in [0.15, 0.2) is 6.29 Å². The molecule has 0 N–H and O–H groups in total. The molecule has 2 aromatic carbocycles. The minimum Gasteiger partial charge on any atom is -0.497 e. The SMILES string of the molecule is C=CCO[C@@H]1[C@@H](N=[N+]=[N-])[C@H](Oc2ccc(OC)cc2)O[C@@H]2CO[C@@H](c3ccccc3)O[C@@H]12. The maximum absolute atomic E-state index is 9.23.